The first-order chi connectivity index (χ1) is 17.8. The fourth-order valence-electron chi connectivity index (χ4n) is 3.51. The van der Waals surface area contributed by atoms with E-state index < -0.39 is 35.5 Å². The molecule has 3 rings (SSSR count). The lowest BCUT2D eigenvalue weighted by Crippen LogP contribution is -2.38. The maximum atomic E-state index is 13.8. The van der Waals surface area contributed by atoms with Crippen LogP contribution in [0.4, 0.5) is 18.9 Å². The summed E-state index contributed by atoms with van der Waals surface area (Å²) in [6.45, 7) is 3.38. The van der Waals surface area contributed by atoms with E-state index in [1.54, 1.807) is 20.9 Å². The minimum Gasteiger partial charge on any atom is -0.478 e. The van der Waals surface area contributed by atoms with Crippen molar-refractivity contribution in [2.45, 2.75) is 32.6 Å². The van der Waals surface area contributed by atoms with E-state index in [1.807, 2.05) is 0 Å². The zero-order valence-electron chi connectivity index (χ0n) is 20.8. The van der Waals surface area contributed by atoms with Crippen molar-refractivity contribution in [3.63, 3.8) is 0 Å². The third-order valence-electron chi connectivity index (χ3n) is 5.28. The fraction of sp³-hybridized carbons (Fsp3) is 0.280. The van der Waals surface area contributed by atoms with Crippen molar-refractivity contribution in [1.29, 1.82) is 0 Å². The molecule has 0 aliphatic carbocycles. The molecule has 0 unspecified atom stereocenters. The van der Waals surface area contributed by atoms with Crippen molar-refractivity contribution >= 4 is 29.2 Å². The van der Waals surface area contributed by atoms with Gasteiger partial charge in [0.1, 0.15) is 17.0 Å². The second-order valence-electron chi connectivity index (χ2n) is 8.38. The maximum absolute atomic E-state index is 13.8. The van der Waals surface area contributed by atoms with Crippen molar-refractivity contribution in [3.8, 4) is 11.6 Å². The van der Waals surface area contributed by atoms with Gasteiger partial charge >= 0.3 is 12.1 Å². The van der Waals surface area contributed by atoms with Crippen LogP contribution in [0.1, 0.15) is 45.8 Å². The number of aromatic nitrogens is 2. The van der Waals surface area contributed by atoms with Crippen LogP contribution in [0.2, 0.25) is 5.02 Å². The van der Waals surface area contributed by atoms with Crippen LogP contribution in [0.15, 0.2) is 48.8 Å². The fourth-order valence-corrected chi connectivity index (χ4v) is 3.62. The number of carbonyl (C=O) groups is 2. The molecule has 0 spiro atoms. The first kappa shape index (κ1) is 28.8. The number of ether oxygens (including phenoxy) is 1. The number of nitrogens with zero attached hydrogens (tertiary/aromatic N) is 4. The Kier molecular flexibility index (Phi) is 8.92. The number of anilines is 1. The molecule has 1 aromatic carbocycles. The van der Waals surface area contributed by atoms with Gasteiger partial charge in [0, 0.05) is 25.5 Å². The van der Waals surface area contributed by atoms with E-state index >= 15 is 0 Å². The van der Waals surface area contributed by atoms with Gasteiger partial charge in [0.05, 0.1) is 29.9 Å². The molecule has 3 aromatic rings. The van der Waals surface area contributed by atoms with Crippen LogP contribution in [0.5, 0.6) is 11.6 Å². The Morgan fingerprint density at radius 2 is 1.82 bits per heavy atom. The zero-order chi connectivity index (χ0) is 28.2. The Morgan fingerprint density at radius 1 is 1.11 bits per heavy atom. The Hall–Kier alpha value is -3.74. The number of hydrogen-bond acceptors (Lipinski definition) is 7. The van der Waals surface area contributed by atoms with Gasteiger partial charge in [0.2, 0.25) is 5.88 Å². The van der Waals surface area contributed by atoms with Crippen LogP contribution in [-0.2, 0) is 17.6 Å². The molecule has 0 fully saturated rings. The molecule has 38 heavy (non-hydrogen) atoms. The molecule has 13 heteroatoms. The number of hydrogen-bond donors (Lipinski definition) is 1. The first-order valence-electron chi connectivity index (χ1n) is 11.1. The number of hydroxylamine groups is 2. The second kappa shape index (κ2) is 11.8. The van der Waals surface area contributed by atoms with Crippen molar-refractivity contribution in [2.24, 2.45) is 0 Å². The van der Waals surface area contributed by atoms with Crippen LogP contribution in [0.25, 0.3) is 0 Å². The molecular formula is C25H24ClF3N4O5. The third-order valence-corrected chi connectivity index (χ3v) is 5.51. The summed E-state index contributed by atoms with van der Waals surface area (Å²) >= 11 is 5.84. The smallest absolute Gasteiger partial charge is 0.421 e. The van der Waals surface area contributed by atoms with E-state index in [4.69, 9.17) is 21.2 Å². The molecule has 9 nitrogen and oxygen atoms in total. The summed E-state index contributed by atoms with van der Waals surface area (Å²) in [5, 5.41) is 11.5. The van der Waals surface area contributed by atoms with Crippen molar-refractivity contribution in [2.75, 3.05) is 19.1 Å². The van der Waals surface area contributed by atoms with Gasteiger partial charge in [0.25, 0.3) is 5.91 Å². The van der Waals surface area contributed by atoms with Crippen molar-refractivity contribution in [1.82, 2.24) is 15.0 Å². The minimum atomic E-state index is -4.80. The highest BCUT2D eigenvalue weighted by atomic mass is 35.5. The summed E-state index contributed by atoms with van der Waals surface area (Å²) in [4.78, 5) is 39.3. The molecule has 202 valence electrons. The van der Waals surface area contributed by atoms with E-state index in [0.717, 1.165) is 12.1 Å². The number of aromatic carboxylic acids is 1. The summed E-state index contributed by atoms with van der Waals surface area (Å²) in [7, 11) is 2.92. The monoisotopic (exact) mass is 552 g/mol. The molecule has 0 bridgehead atoms. The first-order valence-corrected chi connectivity index (χ1v) is 11.5. The van der Waals surface area contributed by atoms with E-state index in [1.165, 1.54) is 53.7 Å². The summed E-state index contributed by atoms with van der Waals surface area (Å²) in [6, 6.07) is 6.82. The largest absolute Gasteiger partial charge is 0.478 e. The van der Waals surface area contributed by atoms with Gasteiger partial charge in [-0.2, -0.15) is 18.2 Å². The molecule has 0 atom stereocenters. The van der Waals surface area contributed by atoms with Crippen molar-refractivity contribution in [3.05, 3.63) is 76.2 Å². The van der Waals surface area contributed by atoms with Crippen molar-refractivity contribution < 1.29 is 37.4 Å². The van der Waals surface area contributed by atoms with Gasteiger partial charge in [-0.1, -0.05) is 11.6 Å². The van der Waals surface area contributed by atoms with Crippen LogP contribution in [0, 0.1) is 0 Å². The summed E-state index contributed by atoms with van der Waals surface area (Å²) < 4.78 is 46.7. The Balaban J connectivity index is 2.01. The molecule has 2 aromatic heterocycles. The summed E-state index contributed by atoms with van der Waals surface area (Å²) in [6.07, 6.45) is -2.32. The molecule has 0 saturated heterocycles. The Bertz CT molecular complexity index is 1320. The van der Waals surface area contributed by atoms with Gasteiger partial charge in [-0.05, 0) is 55.8 Å². The summed E-state index contributed by atoms with van der Waals surface area (Å²) in [5.74, 6) is -2.99. The van der Waals surface area contributed by atoms with Gasteiger partial charge in [-0.15, -0.1) is 0 Å². The quantitative estimate of drug-likeness (QED) is 0.338. The number of pyridine rings is 2. The van der Waals surface area contributed by atoms with E-state index in [-0.39, 0.29) is 34.8 Å². The zero-order valence-corrected chi connectivity index (χ0v) is 21.5. The highest BCUT2D eigenvalue weighted by molar-refractivity contribution is 6.30. The topological polar surface area (TPSA) is 105 Å². The SMILES string of the molecule is CON(C)Cc1cnc(Oc2ccc(N(C(=O)c3ccc(Cl)cn3)C(C)C)c(C(=O)O)c2)c(C(F)(F)F)c1. The molecule has 0 aliphatic rings. The van der Waals surface area contributed by atoms with Gasteiger partial charge < -0.3 is 19.6 Å². The van der Waals surface area contributed by atoms with Gasteiger partial charge in [-0.3, -0.25) is 4.79 Å². The van der Waals surface area contributed by atoms with Crippen LogP contribution >= 0.6 is 11.6 Å². The summed E-state index contributed by atoms with van der Waals surface area (Å²) in [5.41, 5.74) is -1.27. The van der Waals surface area contributed by atoms with Crippen LogP contribution < -0.4 is 9.64 Å². The predicted molar refractivity (Wildman–Crippen MR) is 132 cm³/mol. The number of carboxylic acid groups (broad SMARTS) is 1. The lowest BCUT2D eigenvalue weighted by Gasteiger charge is -2.28. The molecule has 0 aliphatic heterocycles. The molecule has 0 radical (unpaired) electrons. The number of carboxylic acids is 1. The maximum Gasteiger partial charge on any atom is 0.421 e. The van der Waals surface area contributed by atoms with E-state index in [9.17, 15) is 27.9 Å². The minimum absolute atomic E-state index is 0.00329. The van der Waals surface area contributed by atoms with Crippen LogP contribution in [-0.4, -0.2) is 52.2 Å². The normalized spacial score (nSPS) is 11.6. The van der Waals surface area contributed by atoms with Gasteiger partial charge in [0.15, 0.2) is 0 Å². The number of amides is 1. The Morgan fingerprint density at radius 3 is 2.37 bits per heavy atom. The number of benzene rings is 1. The van der Waals surface area contributed by atoms with E-state index in [2.05, 4.69) is 9.97 Å². The third kappa shape index (κ3) is 6.77. The second-order valence-corrected chi connectivity index (χ2v) is 8.82. The lowest BCUT2D eigenvalue weighted by atomic mass is 10.1. The molecular weight excluding hydrogens is 529 g/mol. The number of carbonyl (C=O) groups excluding carboxylic acids is 1. The average molecular weight is 553 g/mol. The molecule has 1 amide bonds. The Labute approximate surface area is 221 Å². The molecule has 1 N–H and O–H groups in total. The van der Waals surface area contributed by atoms with Crippen LogP contribution in [0.3, 0.4) is 0 Å². The van der Waals surface area contributed by atoms with Gasteiger partial charge in [-0.25, -0.2) is 14.8 Å². The number of halogens is 4. The average Bonchev–Trinajstić information content (AvgIpc) is 2.85. The standard InChI is InChI=1S/C25H24ClF3N4O5/c1-14(2)33(23(34)20-7-5-16(26)12-30-20)21-8-6-17(10-18(21)24(35)36)38-22-19(25(27,28)29)9-15(11-31-22)13-32(3)37-4/h5-12,14H,13H2,1-4H3,(H,35,36). The molecule has 2 heterocycles. The number of alkyl halides is 3. The molecule has 0 saturated carbocycles. The highest BCUT2D eigenvalue weighted by Crippen LogP contribution is 2.38. The van der Waals surface area contributed by atoms with E-state index in [0.29, 0.717) is 5.02 Å². The lowest BCUT2D eigenvalue weighted by molar-refractivity contribution is -0.139. The predicted octanol–water partition coefficient (Wildman–Crippen LogP) is 5.69. The number of rotatable bonds is 9. The highest BCUT2D eigenvalue weighted by Gasteiger charge is 2.36.